The van der Waals surface area contributed by atoms with Crippen molar-refractivity contribution in [2.75, 3.05) is 11.9 Å². The second-order valence-corrected chi connectivity index (χ2v) is 5.69. The van der Waals surface area contributed by atoms with Crippen LogP contribution in [0.5, 0.6) is 0 Å². The van der Waals surface area contributed by atoms with Gasteiger partial charge in [0.15, 0.2) is 0 Å². The molecule has 0 aliphatic carbocycles. The van der Waals surface area contributed by atoms with Crippen LogP contribution < -0.4 is 10.6 Å². The first-order valence-electron chi connectivity index (χ1n) is 5.59. The Morgan fingerprint density at radius 3 is 2.47 bits per heavy atom. The lowest BCUT2D eigenvalue weighted by molar-refractivity contribution is 0.0996. The molecule has 2 aromatic rings. The van der Waals surface area contributed by atoms with E-state index in [1.807, 2.05) is 19.1 Å². The van der Waals surface area contributed by atoms with Crippen LogP contribution in [0.1, 0.15) is 20.2 Å². The highest BCUT2D eigenvalue weighted by Gasteiger charge is 2.15. The number of carbonyl (C=O) groups excluding carboxylic acids is 1. The van der Waals surface area contributed by atoms with Gasteiger partial charge in [-0.2, -0.15) is 0 Å². The number of anilines is 1. The Bertz CT molecular complexity index is 619. The van der Waals surface area contributed by atoms with E-state index in [9.17, 15) is 4.79 Å². The Balaban J connectivity index is 2.21. The Morgan fingerprint density at radius 2 is 2.00 bits per heavy atom. The molecule has 1 heterocycles. The van der Waals surface area contributed by atoms with Gasteiger partial charge in [-0.3, -0.25) is 4.79 Å². The second-order valence-electron chi connectivity index (χ2n) is 4.02. The average Bonchev–Trinajstić information content (AvgIpc) is 2.84. The summed E-state index contributed by atoms with van der Waals surface area (Å²) in [6, 6.07) is 7.25. The Kier molecular flexibility index (Phi) is 3.92. The van der Waals surface area contributed by atoms with Crippen molar-refractivity contribution >= 4 is 40.1 Å². The summed E-state index contributed by atoms with van der Waals surface area (Å²) in [5.74, 6) is -0.0753. The Morgan fingerprint density at radius 1 is 1.37 bits per heavy atom. The topological polar surface area (TPSA) is 59.2 Å². The fraction of sp³-hybridized carbons (Fsp3) is 0.154. The van der Waals surface area contributed by atoms with Crippen molar-refractivity contribution < 1.29 is 4.79 Å². The van der Waals surface area contributed by atoms with Gasteiger partial charge in [0.25, 0.3) is 5.91 Å². The molecule has 0 atom stereocenters. The first-order chi connectivity index (χ1) is 8.99. The van der Waals surface area contributed by atoms with Gasteiger partial charge in [0, 0.05) is 18.3 Å². The smallest absolute Gasteiger partial charge is 0.269 e. The number of rotatable bonds is 3. The molecule has 19 heavy (non-hydrogen) atoms. The van der Waals surface area contributed by atoms with Crippen LogP contribution >= 0.6 is 23.6 Å². The van der Waals surface area contributed by atoms with E-state index in [1.54, 1.807) is 30.3 Å². The third-order valence-corrected chi connectivity index (χ3v) is 3.81. The number of amides is 1. The number of aryl methyl sites for hydroxylation is 1. The molecule has 6 heteroatoms. The van der Waals surface area contributed by atoms with Crippen molar-refractivity contribution in [1.82, 2.24) is 4.98 Å². The fourth-order valence-corrected chi connectivity index (χ4v) is 2.48. The normalized spacial score (nSPS) is 10.2. The number of benzene rings is 1. The summed E-state index contributed by atoms with van der Waals surface area (Å²) in [5, 5.41) is 0.876. The molecule has 0 aliphatic heterocycles. The van der Waals surface area contributed by atoms with Crippen LogP contribution in [-0.4, -0.2) is 22.9 Å². The molecule has 0 radical (unpaired) electrons. The monoisotopic (exact) mass is 291 g/mol. The molecule has 1 aromatic heterocycles. The largest absolute Gasteiger partial charge is 0.389 e. The molecule has 0 fully saturated rings. The SMILES string of the molecule is Cc1ncc(C(=O)N(C)c2ccc(C(N)=S)cc2)s1. The van der Waals surface area contributed by atoms with Gasteiger partial charge in [-0.05, 0) is 31.2 Å². The zero-order valence-corrected chi connectivity index (χ0v) is 12.2. The molecule has 0 spiro atoms. The van der Waals surface area contributed by atoms with E-state index < -0.39 is 0 Å². The van der Waals surface area contributed by atoms with Crippen molar-refractivity contribution in [3.8, 4) is 0 Å². The summed E-state index contributed by atoms with van der Waals surface area (Å²) in [6.07, 6.45) is 1.60. The molecule has 2 rings (SSSR count). The fourth-order valence-electron chi connectivity index (χ4n) is 1.59. The number of carbonyl (C=O) groups is 1. The maximum atomic E-state index is 12.2. The predicted octanol–water partition coefficient (Wildman–Crippen LogP) is 2.36. The lowest BCUT2D eigenvalue weighted by atomic mass is 10.2. The standard InChI is InChI=1S/C13H13N3OS2/c1-8-15-7-11(19-8)13(17)16(2)10-5-3-9(4-6-10)12(14)18/h3-7H,1-2H3,(H2,14,18). The molecule has 0 saturated carbocycles. The maximum absolute atomic E-state index is 12.2. The molecule has 0 aliphatic rings. The lowest BCUT2D eigenvalue weighted by Gasteiger charge is -2.16. The van der Waals surface area contributed by atoms with Crippen LogP contribution in [0.25, 0.3) is 0 Å². The van der Waals surface area contributed by atoms with Crippen LogP contribution in [0.4, 0.5) is 5.69 Å². The highest BCUT2D eigenvalue weighted by molar-refractivity contribution is 7.80. The van der Waals surface area contributed by atoms with E-state index >= 15 is 0 Å². The van der Waals surface area contributed by atoms with E-state index in [1.165, 1.54) is 11.3 Å². The van der Waals surface area contributed by atoms with Crippen molar-refractivity contribution in [2.45, 2.75) is 6.92 Å². The highest BCUT2D eigenvalue weighted by atomic mass is 32.1. The molecule has 1 aromatic carbocycles. The van der Waals surface area contributed by atoms with Gasteiger partial charge in [0.05, 0.1) is 11.2 Å². The third-order valence-electron chi connectivity index (χ3n) is 2.68. The van der Waals surface area contributed by atoms with Gasteiger partial charge in [0.1, 0.15) is 9.87 Å². The zero-order chi connectivity index (χ0) is 14.0. The van der Waals surface area contributed by atoms with Crippen LogP contribution in [-0.2, 0) is 0 Å². The quantitative estimate of drug-likeness (QED) is 0.882. The minimum absolute atomic E-state index is 0.0753. The lowest BCUT2D eigenvalue weighted by Crippen LogP contribution is -2.25. The molecule has 4 nitrogen and oxygen atoms in total. The van der Waals surface area contributed by atoms with Gasteiger partial charge in [0.2, 0.25) is 0 Å². The van der Waals surface area contributed by atoms with E-state index in [2.05, 4.69) is 4.98 Å². The molecule has 0 saturated heterocycles. The van der Waals surface area contributed by atoms with E-state index in [0.717, 1.165) is 16.3 Å². The number of hydrogen-bond donors (Lipinski definition) is 1. The van der Waals surface area contributed by atoms with Crippen molar-refractivity contribution in [2.24, 2.45) is 5.73 Å². The van der Waals surface area contributed by atoms with E-state index in [0.29, 0.717) is 9.87 Å². The Hall–Kier alpha value is -1.79. The summed E-state index contributed by atoms with van der Waals surface area (Å²) >= 11 is 6.28. The predicted molar refractivity (Wildman–Crippen MR) is 81.9 cm³/mol. The summed E-state index contributed by atoms with van der Waals surface area (Å²) in [4.78, 5) is 18.9. The number of aromatic nitrogens is 1. The van der Waals surface area contributed by atoms with E-state index in [4.69, 9.17) is 18.0 Å². The number of hydrogen-bond acceptors (Lipinski definition) is 4. The highest BCUT2D eigenvalue weighted by Crippen LogP contribution is 2.19. The van der Waals surface area contributed by atoms with Gasteiger partial charge < -0.3 is 10.6 Å². The average molecular weight is 291 g/mol. The first kappa shape index (κ1) is 13.6. The third kappa shape index (κ3) is 2.97. The molecule has 0 bridgehead atoms. The van der Waals surface area contributed by atoms with Gasteiger partial charge in [-0.1, -0.05) is 12.2 Å². The van der Waals surface area contributed by atoms with Crippen LogP contribution in [0, 0.1) is 6.92 Å². The van der Waals surface area contributed by atoms with Gasteiger partial charge in [-0.15, -0.1) is 11.3 Å². The second kappa shape index (κ2) is 5.46. The van der Waals surface area contributed by atoms with Crippen LogP contribution in [0.3, 0.4) is 0 Å². The Labute approximate surface area is 120 Å². The molecular formula is C13H13N3OS2. The van der Waals surface area contributed by atoms with Gasteiger partial charge >= 0.3 is 0 Å². The molecule has 2 N–H and O–H groups in total. The molecular weight excluding hydrogens is 278 g/mol. The summed E-state index contributed by atoms with van der Waals surface area (Å²) < 4.78 is 0. The number of thiocarbonyl (C=S) groups is 1. The molecule has 98 valence electrons. The number of nitrogens with zero attached hydrogens (tertiary/aromatic N) is 2. The van der Waals surface area contributed by atoms with Crippen molar-refractivity contribution in [1.29, 1.82) is 0 Å². The minimum atomic E-state index is -0.0753. The summed E-state index contributed by atoms with van der Waals surface area (Å²) in [5.41, 5.74) is 7.11. The van der Waals surface area contributed by atoms with Crippen molar-refractivity contribution in [3.63, 3.8) is 0 Å². The summed E-state index contributed by atoms with van der Waals surface area (Å²) in [7, 11) is 1.73. The zero-order valence-electron chi connectivity index (χ0n) is 10.6. The molecule has 0 unspecified atom stereocenters. The first-order valence-corrected chi connectivity index (χ1v) is 6.82. The van der Waals surface area contributed by atoms with Gasteiger partial charge in [-0.25, -0.2) is 4.98 Å². The van der Waals surface area contributed by atoms with Crippen LogP contribution in [0.2, 0.25) is 0 Å². The van der Waals surface area contributed by atoms with Crippen LogP contribution in [0.15, 0.2) is 30.5 Å². The van der Waals surface area contributed by atoms with E-state index in [-0.39, 0.29) is 5.91 Å². The minimum Gasteiger partial charge on any atom is -0.389 e. The number of thiazole rings is 1. The summed E-state index contributed by atoms with van der Waals surface area (Å²) in [6.45, 7) is 1.87. The number of nitrogens with two attached hydrogens (primary N) is 1. The van der Waals surface area contributed by atoms with Crippen molar-refractivity contribution in [3.05, 3.63) is 45.9 Å². The molecule has 1 amide bonds. The maximum Gasteiger partial charge on any atom is 0.269 e.